The number of methoxy groups -OCH3 is 1. The number of ether oxygens (including phenoxy) is 2. The van der Waals surface area contributed by atoms with Gasteiger partial charge in [0, 0.05) is 12.4 Å². The summed E-state index contributed by atoms with van der Waals surface area (Å²) in [5, 5.41) is 0.635. The highest BCUT2D eigenvalue weighted by Gasteiger charge is 2.22. The first-order valence-corrected chi connectivity index (χ1v) is 10.8. The van der Waals surface area contributed by atoms with Gasteiger partial charge in [0.05, 0.1) is 31.4 Å². The molecule has 4 rings (SSSR count). The monoisotopic (exact) mass is 433 g/mol. The van der Waals surface area contributed by atoms with E-state index in [9.17, 15) is 4.79 Å². The summed E-state index contributed by atoms with van der Waals surface area (Å²) in [5.41, 5.74) is 2.80. The molecule has 0 bridgehead atoms. The highest BCUT2D eigenvalue weighted by Crippen LogP contribution is 2.37. The van der Waals surface area contributed by atoms with E-state index in [0.717, 1.165) is 27.1 Å². The second kappa shape index (κ2) is 9.57. The van der Waals surface area contributed by atoms with Crippen LogP contribution in [0.15, 0.2) is 67.0 Å². The Morgan fingerprint density at radius 2 is 1.94 bits per heavy atom. The maximum atomic E-state index is 13.2. The summed E-state index contributed by atoms with van der Waals surface area (Å²) in [4.78, 5) is 23.9. The van der Waals surface area contributed by atoms with Gasteiger partial charge in [0.25, 0.3) is 0 Å². The van der Waals surface area contributed by atoms with E-state index in [2.05, 4.69) is 4.98 Å². The van der Waals surface area contributed by atoms with E-state index in [1.54, 1.807) is 24.4 Å². The highest BCUT2D eigenvalue weighted by atomic mass is 32.1. The lowest BCUT2D eigenvalue weighted by molar-refractivity contribution is -0.119. The van der Waals surface area contributed by atoms with E-state index in [4.69, 9.17) is 14.5 Å². The Kier molecular flexibility index (Phi) is 6.43. The number of hydrogen-bond donors (Lipinski definition) is 0. The summed E-state index contributed by atoms with van der Waals surface area (Å²) >= 11 is 1.49. The largest absolute Gasteiger partial charge is 0.494 e. The highest BCUT2D eigenvalue weighted by molar-refractivity contribution is 7.22. The summed E-state index contributed by atoms with van der Waals surface area (Å²) in [5.74, 6) is 1.38. The Morgan fingerprint density at radius 3 is 2.68 bits per heavy atom. The fourth-order valence-corrected chi connectivity index (χ4v) is 4.29. The molecule has 1 amide bonds. The summed E-state index contributed by atoms with van der Waals surface area (Å²) in [6, 6.07) is 17.2. The zero-order valence-electron chi connectivity index (χ0n) is 17.4. The predicted octanol–water partition coefficient (Wildman–Crippen LogP) is 5.01. The molecule has 31 heavy (non-hydrogen) atoms. The lowest BCUT2D eigenvalue weighted by Gasteiger charge is -2.20. The molecule has 0 atom stereocenters. The number of aromatic nitrogens is 2. The van der Waals surface area contributed by atoms with Crippen LogP contribution in [0.3, 0.4) is 0 Å². The first kappa shape index (κ1) is 20.8. The van der Waals surface area contributed by atoms with E-state index in [-0.39, 0.29) is 12.3 Å². The number of anilines is 1. The topological polar surface area (TPSA) is 64.5 Å². The molecular formula is C24H23N3O3S. The second-order valence-electron chi connectivity index (χ2n) is 7.01. The van der Waals surface area contributed by atoms with Crippen LogP contribution >= 0.6 is 11.3 Å². The number of pyridine rings is 1. The van der Waals surface area contributed by atoms with Gasteiger partial charge in [-0.2, -0.15) is 0 Å². The van der Waals surface area contributed by atoms with Gasteiger partial charge in [-0.05, 0) is 42.3 Å². The predicted molar refractivity (Wildman–Crippen MR) is 123 cm³/mol. The van der Waals surface area contributed by atoms with Crippen molar-refractivity contribution >= 4 is 32.6 Å². The molecule has 7 heteroatoms. The van der Waals surface area contributed by atoms with Crippen molar-refractivity contribution in [1.82, 2.24) is 9.97 Å². The van der Waals surface area contributed by atoms with Crippen LogP contribution in [-0.4, -0.2) is 29.6 Å². The molecule has 0 saturated heterocycles. The van der Waals surface area contributed by atoms with Gasteiger partial charge in [-0.15, -0.1) is 0 Å². The fraction of sp³-hybridized carbons (Fsp3) is 0.208. The van der Waals surface area contributed by atoms with Gasteiger partial charge in [0.15, 0.2) is 5.13 Å². The SMILES string of the molecule is COc1ccc(C)c2sc(N(Cc3cccnc3)C(=O)CCOc3ccccc3)nc12. The Hall–Kier alpha value is -3.45. The van der Waals surface area contributed by atoms with Crippen molar-refractivity contribution in [2.45, 2.75) is 19.9 Å². The molecule has 2 aromatic carbocycles. The number of para-hydroxylation sites is 1. The third kappa shape index (κ3) is 4.83. The molecule has 0 aliphatic carbocycles. The minimum atomic E-state index is -0.0598. The van der Waals surface area contributed by atoms with Gasteiger partial charge in [-0.25, -0.2) is 4.98 Å². The van der Waals surface area contributed by atoms with Crippen molar-refractivity contribution < 1.29 is 14.3 Å². The normalized spacial score (nSPS) is 10.8. The van der Waals surface area contributed by atoms with E-state index in [1.165, 1.54) is 11.3 Å². The van der Waals surface area contributed by atoms with Crippen LogP contribution in [0.4, 0.5) is 5.13 Å². The molecule has 2 aromatic heterocycles. The van der Waals surface area contributed by atoms with Crippen LogP contribution in [0, 0.1) is 6.92 Å². The summed E-state index contributed by atoms with van der Waals surface area (Å²) < 4.78 is 12.2. The molecule has 0 radical (unpaired) electrons. The van der Waals surface area contributed by atoms with Gasteiger partial charge in [-0.3, -0.25) is 14.7 Å². The van der Waals surface area contributed by atoms with Crippen molar-refractivity contribution in [2.24, 2.45) is 0 Å². The van der Waals surface area contributed by atoms with Crippen molar-refractivity contribution in [2.75, 3.05) is 18.6 Å². The quantitative estimate of drug-likeness (QED) is 0.391. The fourth-order valence-electron chi connectivity index (χ4n) is 3.22. The minimum Gasteiger partial charge on any atom is -0.494 e. The number of amides is 1. The summed E-state index contributed by atoms with van der Waals surface area (Å²) in [7, 11) is 1.63. The van der Waals surface area contributed by atoms with E-state index in [1.807, 2.05) is 61.5 Å². The third-order valence-electron chi connectivity index (χ3n) is 4.84. The van der Waals surface area contributed by atoms with Crippen LogP contribution < -0.4 is 14.4 Å². The maximum Gasteiger partial charge on any atom is 0.232 e. The van der Waals surface area contributed by atoms with Gasteiger partial charge in [0.1, 0.15) is 17.0 Å². The molecule has 0 aliphatic rings. The van der Waals surface area contributed by atoms with Gasteiger partial charge >= 0.3 is 0 Å². The molecule has 0 N–H and O–H groups in total. The van der Waals surface area contributed by atoms with E-state index < -0.39 is 0 Å². The number of carbonyl (C=O) groups excluding carboxylic acids is 1. The molecule has 158 valence electrons. The number of thiazole rings is 1. The van der Waals surface area contributed by atoms with Crippen LogP contribution in [0.1, 0.15) is 17.5 Å². The first-order valence-electron chi connectivity index (χ1n) is 9.97. The lowest BCUT2D eigenvalue weighted by Crippen LogP contribution is -2.31. The molecule has 0 fully saturated rings. The number of hydrogen-bond acceptors (Lipinski definition) is 6. The van der Waals surface area contributed by atoms with Gasteiger partial charge in [0.2, 0.25) is 5.91 Å². The number of carbonyl (C=O) groups is 1. The zero-order valence-corrected chi connectivity index (χ0v) is 18.3. The minimum absolute atomic E-state index is 0.0598. The third-order valence-corrected chi connectivity index (χ3v) is 6.05. The van der Waals surface area contributed by atoms with Crippen molar-refractivity contribution in [3.8, 4) is 11.5 Å². The Morgan fingerprint density at radius 1 is 1.10 bits per heavy atom. The molecule has 0 aliphatic heterocycles. The van der Waals surface area contributed by atoms with Crippen LogP contribution in [0.5, 0.6) is 11.5 Å². The van der Waals surface area contributed by atoms with Crippen LogP contribution in [-0.2, 0) is 11.3 Å². The molecular weight excluding hydrogens is 410 g/mol. The molecule has 0 spiro atoms. The van der Waals surface area contributed by atoms with Crippen LogP contribution in [0.25, 0.3) is 10.2 Å². The standard InChI is InChI=1S/C24H23N3O3S/c1-17-10-11-20(29-2)22-23(17)31-24(26-22)27(16-18-7-6-13-25-15-18)21(28)12-14-30-19-8-4-3-5-9-19/h3-11,13,15H,12,14,16H2,1-2H3. The Bertz CT molecular complexity index is 1160. The van der Waals surface area contributed by atoms with Gasteiger partial charge < -0.3 is 9.47 Å². The average Bonchev–Trinajstić information content (AvgIpc) is 3.25. The number of rotatable bonds is 8. The zero-order chi connectivity index (χ0) is 21.6. The maximum absolute atomic E-state index is 13.2. The number of nitrogens with zero attached hydrogens (tertiary/aromatic N) is 3. The smallest absolute Gasteiger partial charge is 0.232 e. The summed E-state index contributed by atoms with van der Waals surface area (Å²) in [6.07, 6.45) is 3.72. The molecule has 2 heterocycles. The second-order valence-corrected chi connectivity index (χ2v) is 7.99. The molecule has 4 aromatic rings. The van der Waals surface area contributed by atoms with Crippen molar-refractivity contribution in [3.63, 3.8) is 0 Å². The van der Waals surface area contributed by atoms with Gasteiger partial charge in [-0.1, -0.05) is 41.7 Å². The summed E-state index contributed by atoms with van der Waals surface area (Å²) in [6.45, 7) is 2.71. The van der Waals surface area contributed by atoms with Crippen molar-refractivity contribution in [1.29, 1.82) is 0 Å². The van der Waals surface area contributed by atoms with Crippen molar-refractivity contribution in [3.05, 3.63) is 78.1 Å². The number of fused-ring (bicyclic) bond motifs is 1. The van der Waals surface area contributed by atoms with Crippen LogP contribution in [0.2, 0.25) is 0 Å². The number of benzene rings is 2. The Labute approximate surface area is 185 Å². The van der Waals surface area contributed by atoms with E-state index >= 15 is 0 Å². The molecule has 0 unspecified atom stereocenters. The molecule has 0 saturated carbocycles. The lowest BCUT2D eigenvalue weighted by atomic mass is 10.2. The average molecular weight is 434 g/mol. The first-order chi connectivity index (χ1) is 15.2. The molecule has 6 nitrogen and oxygen atoms in total. The Balaban J connectivity index is 1.60. The van der Waals surface area contributed by atoms with E-state index in [0.29, 0.717) is 24.0 Å². The number of aryl methyl sites for hydroxylation is 1.